The molecular weight excluding hydrogens is 271 g/mol. The van der Waals surface area contributed by atoms with Crippen LogP contribution in [0.1, 0.15) is 13.8 Å². The Morgan fingerprint density at radius 2 is 1.73 bits per heavy atom. The normalized spacial score (nSPS) is 10.5. The molecule has 0 aliphatic heterocycles. The van der Waals surface area contributed by atoms with Gasteiger partial charge in [0.1, 0.15) is 0 Å². The van der Waals surface area contributed by atoms with Crippen LogP contribution in [0, 0.1) is 0 Å². The van der Waals surface area contributed by atoms with Crippen LogP contribution in [0.2, 0.25) is 0 Å². The first-order valence-electron chi connectivity index (χ1n) is 3.18. The van der Waals surface area contributed by atoms with Gasteiger partial charge in [0.05, 0.1) is 14.1 Å². The largest absolute Gasteiger partial charge is 1.00 e. The minimum Gasteiger partial charge on any atom is -1.00 e. The summed E-state index contributed by atoms with van der Waals surface area (Å²) >= 11 is 1.67. The van der Waals surface area contributed by atoms with Crippen LogP contribution < -0.4 is 24.0 Å². The monoisotopic (exact) mass is 286 g/mol. The van der Waals surface area contributed by atoms with Gasteiger partial charge in [-0.2, -0.15) is 0 Å². The van der Waals surface area contributed by atoms with E-state index in [1.54, 1.807) is 11.8 Å². The second-order valence-corrected chi connectivity index (χ2v) is 3.28. The molecule has 0 N–H and O–H groups in total. The maximum Gasteiger partial charge on any atom is 0.291 e. The lowest BCUT2D eigenvalue weighted by atomic mass is 10.6. The van der Waals surface area contributed by atoms with Gasteiger partial charge >= 0.3 is 0 Å². The van der Waals surface area contributed by atoms with E-state index >= 15 is 0 Å². The molecule has 0 atom stereocenters. The highest BCUT2D eigenvalue weighted by molar-refractivity contribution is 8.13. The molecule has 0 aliphatic carbocycles. The number of rotatable bonds is 0. The first kappa shape index (κ1) is 14.0. The molecule has 0 aromatic heterocycles. The second kappa shape index (κ2) is 7.09. The molecular formula is C7H15IN2S. The van der Waals surface area contributed by atoms with Crippen LogP contribution in [-0.2, 0) is 0 Å². The van der Waals surface area contributed by atoms with Crippen LogP contribution in [0.3, 0.4) is 0 Å². The van der Waals surface area contributed by atoms with E-state index in [2.05, 4.69) is 4.99 Å². The van der Waals surface area contributed by atoms with E-state index in [1.807, 2.05) is 38.8 Å². The number of hydrogen-bond acceptors (Lipinski definition) is 1. The third kappa shape index (κ3) is 6.80. The van der Waals surface area contributed by atoms with Gasteiger partial charge in [-0.3, -0.25) is 4.58 Å². The molecule has 0 bridgehead atoms. The zero-order valence-corrected chi connectivity index (χ0v) is 10.7. The van der Waals surface area contributed by atoms with Crippen LogP contribution >= 0.6 is 11.8 Å². The predicted molar refractivity (Wildman–Crippen MR) is 49.4 cm³/mol. The summed E-state index contributed by atoms with van der Waals surface area (Å²) in [6.45, 7) is 4.01. The van der Waals surface area contributed by atoms with Gasteiger partial charge < -0.3 is 24.0 Å². The van der Waals surface area contributed by atoms with Crippen molar-refractivity contribution in [3.05, 3.63) is 0 Å². The van der Waals surface area contributed by atoms with Crippen LogP contribution in [0.5, 0.6) is 0 Å². The predicted octanol–water partition coefficient (Wildman–Crippen LogP) is -1.54. The van der Waals surface area contributed by atoms with Gasteiger partial charge in [-0.15, -0.1) is 0 Å². The van der Waals surface area contributed by atoms with Gasteiger partial charge in [-0.05, 0) is 11.2 Å². The first-order chi connectivity index (χ1) is 4.57. The molecule has 0 saturated heterocycles. The molecule has 0 spiro atoms. The molecule has 0 rings (SSSR count). The molecule has 0 amide bonds. The van der Waals surface area contributed by atoms with E-state index in [4.69, 9.17) is 0 Å². The van der Waals surface area contributed by atoms with Crippen molar-refractivity contribution in [2.75, 3.05) is 20.4 Å². The van der Waals surface area contributed by atoms with Crippen molar-refractivity contribution in [2.45, 2.75) is 13.8 Å². The van der Waals surface area contributed by atoms with Gasteiger partial charge in [-0.1, -0.05) is 11.8 Å². The fourth-order valence-electron chi connectivity index (χ4n) is 0.374. The third-order valence-corrected chi connectivity index (χ3v) is 1.94. The van der Waals surface area contributed by atoms with Crippen molar-refractivity contribution in [3.8, 4) is 0 Å². The van der Waals surface area contributed by atoms with E-state index < -0.39 is 0 Å². The van der Waals surface area contributed by atoms with Crippen LogP contribution in [0.4, 0.5) is 0 Å². The third-order valence-electron chi connectivity index (χ3n) is 1.26. The Hall–Kier alpha value is 0.420. The minimum absolute atomic E-state index is 0. The molecule has 66 valence electrons. The summed E-state index contributed by atoms with van der Waals surface area (Å²) in [5.41, 5.74) is 0. The topological polar surface area (TPSA) is 15.4 Å². The van der Waals surface area contributed by atoms with Crippen LogP contribution in [-0.4, -0.2) is 35.8 Å². The molecule has 0 heterocycles. The zero-order valence-electron chi connectivity index (χ0n) is 7.68. The molecule has 0 saturated carbocycles. The molecule has 0 unspecified atom stereocenters. The van der Waals surface area contributed by atoms with E-state index in [-0.39, 0.29) is 24.0 Å². The molecule has 0 aromatic carbocycles. The van der Waals surface area contributed by atoms with Crippen molar-refractivity contribution in [1.29, 1.82) is 0 Å². The highest BCUT2D eigenvalue weighted by atomic mass is 127. The summed E-state index contributed by atoms with van der Waals surface area (Å²) in [5, 5.41) is 1.10. The first-order valence-corrected chi connectivity index (χ1v) is 4.40. The lowest BCUT2D eigenvalue weighted by molar-refractivity contribution is -0.465. The summed E-state index contributed by atoms with van der Waals surface area (Å²) in [6.07, 6.45) is 2.03. The SMILES string of the molecule is CSC(C)=NC(C)=[N+](C)C.[I-]. The van der Waals surface area contributed by atoms with Crippen molar-refractivity contribution in [2.24, 2.45) is 4.99 Å². The van der Waals surface area contributed by atoms with E-state index in [0.717, 1.165) is 10.9 Å². The number of halogens is 1. The molecule has 0 aromatic rings. The number of amidine groups is 1. The molecule has 11 heavy (non-hydrogen) atoms. The van der Waals surface area contributed by atoms with E-state index in [9.17, 15) is 0 Å². The summed E-state index contributed by atoms with van der Waals surface area (Å²) in [6, 6.07) is 0. The lowest BCUT2D eigenvalue weighted by Gasteiger charge is -1.89. The number of nitrogens with zero attached hydrogens (tertiary/aromatic N) is 2. The van der Waals surface area contributed by atoms with Crippen LogP contribution in [0.25, 0.3) is 0 Å². The zero-order chi connectivity index (χ0) is 8.15. The number of aliphatic imine (C=N–C) groups is 1. The Kier molecular flexibility index (Phi) is 9.01. The van der Waals surface area contributed by atoms with E-state index in [1.165, 1.54) is 0 Å². The number of hydrogen-bond donors (Lipinski definition) is 0. The Bertz CT molecular complexity index is 171. The van der Waals surface area contributed by atoms with Crippen LogP contribution in [0.15, 0.2) is 4.99 Å². The van der Waals surface area contributed by atoms with Gasteiger partial charge in [0, 0.05) is 13.8 Å². The average Bonchev–Trinajstić information content (AvgIpc) is 1.87. The molecule has 2 nitrogen and oxygen atoms in total. The fourth-order valence-corrected chi connectivity index (χ4v) is 0.597. The van der Waals surface area contributed by atoms with Crippen molar-refractivity contribution in [1.82, 2.24) is 0 Å². The standard InChI is InChI=1S/C7H15N2S.HI/c1-6(9(3)4)8-7(2)10-5;/h1-5H3;1H/q+1;/p-1. The molecule has 0 aliphatic rings. The van der Waals surface area contributed by atoms with E-state index in [0.29, 0.717) is 0 Å². The Balaban J connectivity index is 0. The second-order valence-electron chi connectivity index (χ2n) is 2.28. The van der Waals surface area contributed by atoms with Gasteiger partial charge in [0.2, 0.25) is 0 Å². The lowest BCUT2D eigenvalue weighted by Crippen LogP contribution is -3.00. The van der Waals surface area contributed by atoms with Crippen molar-refractivity contribution >= 4 is 22.6 Å². The van der Waals surface area contributed by atoms with Gasteiger partial charge in [0.25, 0.3) is 5.84 Å². The maximum atomic E-state index is 4.32. The Labute approximate surface area is 90.2 Å². The molecule has 0 fully saturated rings. The fraction of sp³-hybridized carbons (Fsp3) is 0.714. The van der Waals surface area contributed by atoms with Gasteiger partial charge in [0.15, 0.2) is 5.04 Å². The van der Waals surface area contributed by atoms with Gasteiger partial charge in [-0.25, -0.2) is 0 Å². The summed E-state index contributed by atoms with van der Waals surface area (Å²) < 4.78 is 2.00. The van der Waals surface area contributed by atoms with Crippen molar-refractivity contribution < 1.29 is 28.6 Å². The van der Waals surface area contributed by atoms with Crippen molar-refractivity contribution in [3.63, 3.8) is 0 Å². The summed E-state index contributed by atoms with van der Waals surface area (Å²) in [7, 11) is 3.98. The Morgan fingerprint density at radius 1 is 1.27 bits per heavy atom. The highest BCUT2D eigenvalue weighted by Gasteiger charge is 2.00. The molecule has 4 heteroatoms. The smallest absolute Gasteiger partial charge is 0.291 e. The quantitative estimate of drug-likeness (QED) is 0.228. The summed E-state index contributed by atoms with van der Waals surface area (Å²) in [5.74, 6) is 1.05. The molecule has 0 radical (unpaired) electrons. The highest BCUT2D eigenvalue weighted by Crippen LogP contribution is 1.96. The maximum absolute atomic E-state index is 4.32. The Morgan fingerprint density at radius 3 is 2.00 bits per heavy atom. The average molecular weight is 286 g/mol. The summed E-state index contributed by atoms with van der Waals surface area (Å²) in [4.78, 5) is 4.32. The number of thioether (sulfide) groups is 1. The minimum atomic E-state index is 0.